The minimum atomic E-state index is -0.266. The molecule has 0 fully saturated rings. The molecular formula is C19H19N3O3. The van der Waals surface area contributed by atoms with Crippen molar-refractivity contribution in [3.8, 4) is 11.5 Å². The zero-order valence-electron chi connectivity index (χ0n) is 14.2. The van der Waals surface area contributed by atoms with E-state index in [4.69, 9.17) is 9.47 Å². The van der Waals surface area contributed by atoms with Gasteiger partial charge in [0.2, 0.25) is 0 Å². The van der Waals surface area contributed by atoms with Gasteiger partial charge in [-0.05, 0) is 32.0 Å². The molecule has 1 aliphatic rings. The van der Waals surface area contributed by atoms with Crippen LogP contribution in [-0.2, 0) is 11.2 Å². The third kappa shape index (κ3) is 3.03. The van der Waals surface area contributed by atoms with Crippen LogP contribution in [0.25, 0.3) is 11.0 Å². The molecule has 0 radical (unpaired) electrons. The molecule has 6 nitrogen and oxygen atoms in total. The van der Waals surface area contributed by atoms with E-state index >= 15 is 0 Å². The average molecular weight is 337 g/mol. The molecule has 4 rings (SSSR count). The van der Waals surface area contributed by atoms with Crippen molar-refractivity contribution < 1.29 is 14.3 Å². The maximum absolute atomic E-state index is 12.2. The van der Waals surface area contributed by atoms with Crippen molar-refractivity contribution in [2.45, 2.75) is 25.9 Å². The number of rotatable bonds is 4. The Balaban J connectivity index is 1.44. The zero-order valence-corrected chi connectivity index (χ0v) is 14.2. The topological polar surface area (TPSA) is 65.4 Å². The number of amides is 1. The minimum absolute atomic E-state index is 0.104. The first-order valence-electron chi connectivity index (χ1n) is 8.17. The van der Waals surface area contributed by atoms with E-state index in [1.807, 2.05) is 56.3 Å². The summed E-state index contributed by atoms with van der Waals surface area (Å²) in [4.78, 5) is 16.5. The molecule has 0 atom stereocenters. The summed E-state index contributed by atoms with van der Waals surface area (Å²) in [5, 5.41) is 0. The van der Waals surface area contributed by atoms with Crippen LogP contribution in [0.5, 0.6) is 11.5 Å². The van der Waals surface area contributed by atoms with E-state index in [-0.39, 0.29) is 18.1 Å². The van der Waals surface area contributed by atoms with Crippen LogP contribution in [0.2, 0.25) is 0 Å². The second-order valence-corrected chi connectivity index (χ2v) is 6.71. The lowest BCUT2D eigenvalue weighted by molar-refractivity contribution is -0.119. The molecular weight excluding hydrogens is 318 g/mol. The van der Waals surface area contributed by atoms with Gasteiger partial charge in [0.05, 0.1) is 11.0 Å². The smallest absolute Gasteiger partial charge is 0.276 e. The number of aromatic nitrogens is 2. The predicted octanol–water partition coefficient (Wildman–Crippen LogP) is 2.90. The minimum Gasteiger partial charge on any atom is -0.483 e. The Hall–Kier alpha value is -3.02. The van der Waals surface area contributed by atoms with Gasteiger partial charge in [0, 0.05) is 12.0 Å². The maximum Gasteiger partial charge on any atom is 0.276 e. The molecule has 2 heterocycles. The number of nitrogens with one attached hydrogen (secondary N) is 1. The van der Waals surface area contributed by atoms with Crippen molar-refractivity contribution in [1.82, 2.24) is 9.66 Å². The molecule has 2 aromatic carbocycles. The molecule has 1 amide bonds. The summed E-state index contributed by atoms with van der Waals surface area (Å²) in [5.41, 5.74) is 5.27. The summed E-state index contributed by atoms with van der Waals surface area (Å²) < 4.78 is 13.2. The van der Waals surface area contributed by atoms with Crippen LogP contribution in [0.15, 0.2) is 48.8 Å². The number of ether oxygens (including phenoxy) is 2. The van der Waals surface area contributed by atoms with Gasteiger partial charge in [0.15, 0.2) is 18.1 Å². The fraction of sp³-hybridized carbons (Fsp3) is 0.263. The van der Waals surface area contributed by atoms with Crippen LogP contribution < -0.4 is 14.9 Å². The molecule has 3 aromatic rings. The number of benzene rings is 2. The molecule has 0 bridgehead atoms. The maximum atomic E-state index is 12.2. The number of fused-ring (bicyclic) bond motifs is 2. The van der Waals surface area contributed by atoms with Crippen LogP contribution >= 0.6 is 0 Å². The predicted molar refractivity (Wildman–Crippen MR) is 94.4 cm³/mol. The van der Waals surface area contributed by atoms with Crippen molar-refractivity contribution in [1.29, 1.82) is 0 Å². The third-order valence-corrected chi connectivity index (χ3v) is 4.11. The molecule has 6 heteroatoms. The van der Waals surface area contributed by atoms with Gasteiger partial charge in [-0.3, -0.25) is 10.2 Å². The lowest BCUT2D eigenvalue weighted by Gasteiger charge is -2.18. The van der Waals surface area contributed by atoms with E-state index in [0.29, 0.717) is 5.75 Å². The van der Waals surface area contributed by atoms with Crippen molar-refractivity contribution in [2.24, 2.45) is 0 Å². The Labute approximate surface area is 145 Å². The van der Waals surface area contributed by atoms with Gasteiger partial charge in [-0.15, -0.1) is 0 Å². The number of imidazole rings is 1. The van der Waals surface area contributed by atoms with E-state index < -0.39 is 0 Å². The first kappa shape index (κ1) is 15.5. The van der Waals surface area contributed by atoms with E-state index in [0.717, 1.165) is 28.8 Å². The highest BCUT2D eigenvalue weighted by Gasteiger charge is 2.32. The molecule has 0 saturated heterocycles. The van der Waals surface area contributed by atoms with Crippen molar-refractivity contribution in [2.75, 3.05) is 12.0 Å². The highest BCUT2D eigenvalue weighted by Crippen LogP contribution is 2.41. The second-order valence-electron chi connectivity index (χ2n) is 6.71. The van der Waals surface area contributed by atoms with Crippen LogP contribution in [0.4, 0.5) is 0 Å². The van der Waals surface area contributed by atoms with Gasteiger partial charge >= 0.3 is 0 Å². The van der Waals surface area contributed by atoms with Gasteiger partial charge in [0.25, 0.3) is 5.91 Å². The van der Waals surface area contributed by atoms with Crippen LogP contribution in [0.3, 0.4) is 0 Å². The highest BCUT2D eigenvalue weighted by molar-refractivity contribution is 5.87. The van der Waals surface area contributed by atoms with Gasteiger partial charge in [-0.2, -0.15) is 0 Å². The molecule has 1 N–H and O–H groups in total. The molecule has 0 spiro atoms. The lowest BCUT2D eigenvalue weighted by atomic mass is 10.0. The van der Waals surface area contributed by atoms with E-state index in [1.165, 1.54) is 0 Å². The van der Waals surface area contributed by atoms with Crippen LogP contribution in [0.1, 0.15) is 19.4 Å². The standard InChI is InChI=1S/C19H19N3O3/c1-19(2)10-13-6-5-9-16(18(13)25-19)24-11-17(23)21-22-12-20-14-7-3-4-8-15(14)22/h3-9,12H,10-11H2,1-2H3,(H,21,23). The molecule has 0 unspecified atom stereocenters. The molecule has 1 aromatic heterocycles. The Morgan fingerprint density at radius 3 is 3.00 bits per heavy atom. The van der Waals surface area contributed by atoms with E-state index in [2.05, 4.69) is 10.4 Å². The first-order chi connectivity index (χ1) is 12.0. The number of carbonyl (C=O) groups is 1. The summed E-state index contributed by atoms with van der Waals surface area (Å²) >= 11 is 0. The number of hydrogen-bond acceptors (Lipinski definition) is 4. The summed E-state index contributed by atoms with van der Waals surface area (Å²) in [6.07, 6.45) is 2.40. The number of para-hydroxylation sites is 3. The van der Waals surface area contributed by atoms with E-state index in [1.54, 1.807) is 11.0 Å². The van der Waals surface area contributed by atoms with Crippen molar-refractivity contribution >= 4 is 16.9 Å². The van der Waals surface area contributed by atoms with E-state index in [9.17, 15) is 4.79 Å². The largest absolute Gasteiger partial charge is 0.483 e. The molecule has 128 valence electrons. The fourth-order valence-electron chi connectivity index (χ4n) is 3.06. The Bertz CT molecular complexity index is 946. The van der Waals surface area contributed by atoms with Crippen LogP contribution in [0, 0.1) is 0 Å². The molecule has 25 heavy (non-hydrogen) atoms. The summed E-state index contributed by atoms with van der Waals surface area (Å²) in [6, 6.07) is 13.3. The van der Waals surface area contributed by atoms with Gasteiger partial charge in [-0.25, -0.2) is 9.66 Å². The lowest BCUT2D eigenvalue weighted by Crippen LogP contribution is -2.27. The van der Waals surface area contributed by atoms with Crippen LogP contribution in [-0.4, -0.2) is 27.8 Å². The zero-order chi connectivity index (χ0) is 17.4. The van der Waals surface area contributed by atoms with Gasteiger partial charge in [-0.1, -0.05) is 24.3 Å². The average Bonchev–Trinajstić information content (AvgIpc) is 3.12. The monoisotopic (exact) mass is 337 g/mol. The normalized spacial score (nSPS) is 14.8. The number of hydrogen-bond donors (Lipinski definition) is 1. The summed E-state index contributed by atoms with van der Waals surface area (Å²) in [7, 11) is 0. The highest BCUT2D eigenvalue weighted by atomic mass is 16.5. The van der Waals surface area contributed by atoms with Crippen molar-refractivity contribution in [3.63, 3.8) is 0 Å². The second kappa shape index (κ2) is 5.81. The Morgan fingerprint density at radius 2 is 2.12 bits per heavy atom. The van der Waals surface area contributed by atoms with Crippen molar-refractivity contribution in [3.05, 3.63) is 54.4 Å². The fourth-order valence-corrected chi connectivity index (χ4v) is 3.06. The number of carbonyl (C=O) groups excluding carboxylic acids is 1. The third-order valence-electron chi connectivity index (χ3n) is 4.11. The first-order valence-corrected chi connectivity index (χ1v) is 8.17. The summed E-state index contributed by atoms with van der Waals surface area (Å²) in [5.74, 6) is 1.06. The van der Waals surface area contributed by atoms with Gasteiger partial charge < -0.3 is 9.47 Å². The summed E-state index contributed by atoms with van der Waals surface area (Å²) in [6.45, 7) is 3.97. The number of nitrogens with zero attached hydrogens (tertiary/aromatic N) is 2. The quantitative estimate of drug-likeness (QED) is 0.795. The Kier molecular flexibility index (Phi) is 3.60. The molecule has 1 aliphatic heterocycles. The molecule has 0 saturated carbocycles. The Morgan fingerprint density at radius 1 is 1.28 bits per heavy atom. The molecule has 0 aliphatic carbocycles. The van der Waals surface area contributed by atoms with Gasteiger partial charge in [0.1, 0.15) is 11.9 Å². The SMILES string of the molecule is CC1(C)Cc2cccc(OCC(=O)Nn3cnc4ccccc43)c2O1.